The van der Waals surface area contributed by atoms with Crippen LogP contribution in [0.2, 0.25) is 0 Å². The molecule has 6 nitrogen and oxygen atoms in total. The Labute approximate surface area is 174 Å². The number of esters is 1. The molecule has 1 saturated heterocycles. The summed E-state index contributed by atoms with van der Waals surface area (Å²) >= 11 is 1.23. The minimum absolute atomic E-state index is 0.424. The van der Waals surface area contributed by atoms with Gasteiger partial charge in [0.05, 0.1) is 4.88 Å². The fourth-order valence-corrected chi connectivity index (χ4v) is 3.73. The molecule has 1 aliphatic heterocycles. The molecule has 152 valence electrons. The molecule has 0 atom stereocenters. The zero-order valence-corrected chi connectivity index (χ0v) is 17.0. The van der Waals surface area contributed by atoms with Crippen molar-refractivity contribution in [1.82, 2.24) is 5.32 Å². The van der Waals surface area contributed by atoms with E-state index in [-0.39, 0.29) is 0 Å². The van der Waals surface area contributed by atoms with E-state index in [2.05, 4.69) is 22.3 Å². The van der Waals surface area contributed by atoms with E-state index in [1.807, 2.05) is 12.1 Å². The van der Waals surface area contributed by atoms with Gasteiger partial charge in [0.25, 0.3) is 11.8 Å². The zero-order valence-electron chi connectivity index (χ0n) is 16.1. The van der Waals surface area contributed by atoms with Gasteiger partial charge in [-0.25, -0.2) is 4.79 Å². The Bertz CT molecular complexity index is 851. The van der Waals surface area contributed by atoms with E-state index in [0.29, 0.717) is 4.88 Å². The second-order valence-electron chi connectivity index (χ2n) is 6.79. The lowest BCUT2D eigenvalue weighted by Gasteiger charge is -2.22. The smallest absolute Gasteiger partial charge is 0.331 e. The van der Waals surface area contributed by atoms with Crippen molar-refractivity contribution >= 4 is 40.9 Å². The number of hydrogen-bond acceptors (Lipinski definition) is 6. The summed E-state index contributed by atoms with van der Waals surface area (Å²) in [4.78, 5) is 38.1. The Kier molecular flexibility index (Phi) is 7.58. The van der Waals surface area contributed by atoms with Gasteiger partial charge in [-0.3, -0.25) is 14.9 Å². The highest BCUT2D eigenvalue weighted by atomic mass is 32.1. The summed E-state index contributed by atoms with van der Waals surface area (Å²) in [5.74, 6) is -1.80. The Morgan fingerprint density at radius 3 is 2.41 bits per heavy atom. The maximum atomic E-state index is 11.8. The van der Waals surface area contributed by atoms with Crippen LogP contribution >= 0.6 is 11.3 Å². The van der Waals surface area contributed by atoms with Crippen molar-refractivity contribution < 1.29 is 19.1 Å². The second kappa shape index (κ2) is 10.6. The lowest BCUT2D eigenvalue weighted by Crippen LogP contribution is -2.33. The summed E-state index contributed by atoms with van der Waals surface area (Å²) in [6, 6.07) is 11.3. The van der Waals surface area contributed by atoms with Crippen LogP contribution in [0.3, 0.4) is 0 Å². The van der Waals surface area contributed by atoms with Gasteiger partial charge in [0.2, 0.25) is 0 Å². The van der Waals surface area contributed by atoms with Gasteiger partial charge in [-0.2, -0.15) is 0 Å². The van der Waals surface area contributed by atoms with E-state index in [0.717, 1.165) is 18.7 Å². The van der Waals surface area contributed by atoms with Gasteiger partial charge in [0.1, 0.15) is 0 Å². The molecule has 0 aliphatic carbocycles. The second-order valence-corrected chi connectivity index (χ2v) is 7.74. The van der Waals surface area contributed by atoms with Crippen molar-refractivity contribution in [3.8, 4) is 0 Å². The number of nitrogens with zero attached hydrogens (tertiary/aromatic N) is 1. The van der Waals surface area contributed by atoms with Crippen LogP contribution < -0.4 is 10.2 Å². The van der Waals surface area contributed by atoms with Gasteiger partial charge in [0.15, 0.2) is 6.61 Å². The maximum absolute atomic E-state index is 11.8. The molecule has 2 heterocycles. The number of amides is 2. The third kappa shape index (κ3) is 6.57. The molecule has 3 rings (SSSR count). The van der Waals surface area contributed by atoms with Crippen molar-refractivity contribution in [3.05, 3.63) is 58.3 Å². The van der Waals surface area contributed by atoms with Crippen molar-refractivity contribution in [2.24, 2.45) is 0 Å². The predicted molar refractivity (Wildman–Crippen MR) is 114 cm³/mol. The molecule has 0 radical (unpaired) electrons. The number of carbonyl (C=O) groups excluding carboxylic acids is 3. The third-order valence-corrected chi connectivity index (χ3v) is 5.49. The minimum Gasteiger partial charge on any atom is -0.452 e. The van der Waals surface area contributed by atoms with E-state index < -0.39 is 24.4 Å². The van der Waals surface area contributed by atoms with E-state index in [1.165, 1.54) is 48.8 Å². The van der Waals surface area contributed by atoms with E-state index in [9.17, 15) is 14.4 Å². The number of rotatable bonds is 6. The van der Waals surface area contributed by atoms with Crippen LogP contribution in [-0.2, 0) is 14.3 Å². The number of anilines is 1. The highest BCUT2D eigenvalue weighted by Crippen LogP contribution is 2.20. The zero-order chi connectivity index (χ0) is 20.5. The molecule has 2 aromatic rings. The molecule has 0 saturated carbocycles. The first-order chi connectivity index (χ1) is 14.1. The minimum atomic E-state index is -0.660. The van der Waals surface area contributed by atoms with Crippen LogP contribution in [0.4, 0.5) is 5.69 Å². The van der Waals surface area contributed by atoms with Gasteiger partial charge in [-0.05, 0) is 48.1 Å². The van der Waals surface area contributed by atoms with E-state index in [4.69, 9.17) is 4.74 Å². The maximum Gasteiger partial charge on any atom is 0.331 e. The van der Waals surface area contributed by atoms with Crippen LogP contribution in [0.1, 0.15) is 40.9 Å². The summed E-state index contributed by atoms with van der Waals surface area (Å²) < 4.78 is 4.88. The molecule has 7 heteroatoms. The van der Waals surface area contributed by atoms with Gasteiger partial charge in [-0.15, -0.1) is 11.3 Å². The van der Waals surface area contributed by atoms with Crippen molar-refractivity contribution in [3.63, 3.8) is 0 Å². The highest BCUT2D eigenvalue weighted by molar-refractivity contribution is 7.12. The quantitative estimate of drug-likeness (QED) is 0.579. The van der Waals surface area contributed by atoms with Crippen molar-refractivity contribution in [2.45, 2.75) is 25.7 Å². The molecule has 0 bridgehead atoms. The molecule has 1 fully saturated rings. The number of nitrogens with one attached hydrogen (secondary N) is 1. The fraction of sp³-hybridized carbons (Fsp3) is 0.318. The van der Waals surface area contributed by atoms with Crippen LogP contribution in [0.5, 0.6) is 0 Å². The average molecular weight is 413 g/mol. The summed E-state index contributed by atoms with van der Waals surface area (Å²) in [7, 11) is 0. The Morgan fingerprint density at radius 2 is 1.76 bits per heavy atom. The Balaban J connectivity index is 1.43. The molecule has 1 aromatic carbocycles. The highest BCUT2D eigenvalue weighted by Gasteiger charge is 2.12. The number of thiophene rings is 1. The molecule has 0 unspecified atom stereocenters. The van der Waals surface area contributed by atoms with E-state index in [1.54, 1.807) is 23.6 Å². The van der Waals surface area contributed by atoms with Gasteiger partial charge >= 0.3 is 5.97 Å². The molecular weight excluding hydrogens is 388 g/mol. The number of carbonyl (C=O) groups is 3. The van der Waals surface area contributed by atoms with Crippen molar-refractivity contribution in [2.75, 3.05) is 24.6 Å². The lowest BCUT2D eigenvalue weighted by molar-refractivity contribution is -0.143. The Hall–Kier alpha value is -2.93. The molecule has 1 N–H and O–H groups in total. The standard InChI is InChI=1S/C22H24N2O4S/c25-20(23-22(27)19-6-5-15-29-19)16-28-21(26)12-9-17-7-10-18(11-8-17)24-13-3-1-2-4-14-24/h5-12,15H,1-4,13-14,16H2,(H,23,25,27)/b12-9+. The van der Waals surface area contributed by atoms with Crippen LogP contribution in [-0.4, -0.2) is 37.5 Å². The van der Waals surface area contributed by atoms with Crippen LogP contribution in [0.15, 0.2) is 47.9 Å². The first kappa shape index (κ1) is 20.8. The first-order valence-corrected chi connectivity index (χ1v) is 10.6. The number of benzene rings is 1. The normalized spacial score (nSPS) is 14.4. The van der Waals surface area contributed by atoms with Gasteiger partial charge in [0, 0.05) is 24.9 Å². The summed E-state index contributed by atoms with van der Waals surface area (Å²) in [6.45, 7) is 1.66. The van der Waals surface area contributed by atoms with Crippen LogP contribution in [0.25, 0.3) is 6.08 Å². The van der Waals surface area contributed by atoms with Crippen molar-refractivity contribution in [1.29, 1.82) is 0 Å². The summed E-state index contributed by atoms with van der Waals surface area (Å²) in [5.41, 5.74) is 2.07. The van der Waals surface area contributed by atoms with Gasteiger partial charge < -0.3 is 9.64 Å². The lowest BCUT2D eigenvalue weighted by atomic mass is 10.1. The molecule has 2 amide bonds. The third-order valence-electron chi connectivity index (χ3n) is 4.62. The average Bonchev–Trinajstić information content (AvgIpc) is 3.14. The molecule has 1 aliphatic rings. The molecule has 29 heavy (non-hydrogen) atoms. The number of imide groups is 1. The summed E-state index contributed by atoms with van der Waals surface area (Å²) in [6.07, 6.45) is 7.94. The molecular formula is C22H24N2O4S. The SMILES string of the molecule is O=C(COC(=O)/C=C/c1ccc(N2CCCCCC2)cc1)NC(=O)c1cccs1. The fourth-order valence-electron chi connectivity index (χ4n) is 3.11. The molecule has 1 aromatic heterocycles. The number of ether oxygens (including phenoxy) is 1. The number of hydrogen-bond donors (Lipinski definition) is 1. The largest absolute Gasteiger partial charge is 0.452 e. The van der Waals surface area contributed by atoms with E-state index >= 15 is 0 Å². The van der Waals surface area contributed by atoms with Gasteiger partial charge in [-0.1, -0.05) is 31.0 Å². The topological polar surface area (TPSA) is 75.7 Å². The predicted octanol–water partition coefficient (Wildman–Crippen LogP) is 3.64. The molecule has 0 spiro atoms. The Morgan fingerprint density at radius 1 is 1.03 bits per heavy atom. The summed E-state index contributed by atoms with van der Waals surface area (Å²) in [5, 5.41) is 3.92. The van der Waals surface area contributed by atoms with Crippen LogP contribution in [0, 0.1) is 0 Å². The first-order valence-electron chi connectivity index (χ1n) is 9.69. The monoisotopic (exact) mass is 412 g/mol.